The molecule has 9 heteroatoms. The van der Waals surface area contributed by atoms with Crippen LogP contribution in [0.1, 0.15) is 57.9 Å². The summed E-state index contributed by atoms with van der Waals surface area (Å²) >= 11 is 0. The lowest BCUT2D eigenvalue weighted by atomic mass is 9.99. The minimum absolute atomic E-state index is 0.0762. The van der Waals surface area contributed by atoms with E-state index in [0.29, 0.717) is 18.3 Å². The third-order valence-corrected chi connectivity index (χ3v) is 5.08. The summed E-state index contributed by atoms with van der Waals surface area (Å²) in [6.45, 7) is 9.69. The lowest BCUT2D eigenvalue weighted by Gasteiger charge is -2.43. The molecule has 0 aromatic carbocycles. The molecule has 0 N–H and O–H groups in total. The number of hydrogen-bond acceptors (Lipinski definition) is 7. The largest absolute Gasteiger partial charge is 0.475 e. The number of esters is 1. The lowest BCUT2D eigenvalue weighted by molar-refractivity contribution is -0.144. The zero-order valence-electron chi connectivity index (χ0n) is 18.4. The summed E-state index contributed by atoms with van der Waals surface area (Å²) in [5.74, 6) is 0.225. The molecule has 1 aliphatic heterocycles. The van der Waals surface area contributed by atoms with E-state index in [0.717, 1.165) is 12.8 Å². The average molecular weight is 423 g/mol. The molecule has 1 saturated heterocycles. The Morgan fingerprint density at radius 1 is 1.33 bits per heavy atom. The van der Waals surface area contributed by atoms with Crippen LogP contribution in [0.4, 0.5) is 10.2 Å². The van der Waals surface area contributed by atoms with Crippen LogP contribution < -0.4 is 9.64 Å². The zero-order valence-corrected chi connectivity index (χ0v) is 18.4. The maximum absolute atomic E-state index is 14.0. The van der Waals surface area contributed by atoms with Gasteiger partial charge in [0, 0.05) is 5.54 Å². The molecule has 2 heterocycles. The van der Waals surface area contributed by atoms with Gasteiger partial charge < -0.3 is 19.3 Å². The molecule has 2 aliphatic rings. The van der Waals surface area contributed by atoms with Gasteiger partial charge in [0.1, 0.15) is 12.2 Å². The zero-order chi connectivity index (χ0) is 22.1. The molecule has 0 spiro atoms. The first-order valence-electron chi connectivity index (χ1n) is 10.4. The Hall–Kier alpha value is -2.45. The highest BCUT2D eigenvalue weighted by molar-refractivity contribution is 5.95. The van der Waals surface area contributed by atoms with Crippen LogP contribution in [0.25, 0.3) is 0 Å². The molecule has 2 fully saturated rings. The predicted octanol–water partition coefficient (Wildman–Crippen LogP) is 2.62. The highest BCUT2D eigenvalue weighted by Crippen LogP contribution is 2.36. The van der Waals surface area contributed by atoms with E-state index in [9.17, 15) is 14.0 Å². The number of aromatic nitrogens is 2. The normalized spacial score (nSPS) is 17.9. The monoisotopic (exact) mass is 422 g/mol. The Balaban J connectivity index is 1.84. The molecule has 166 valence electrons. The molecule has 3 rings (SSSR count). The second-order valence-electron chi connectivity index (χ2n) is 9.27. The third kappa shape index (κ3) is 5.37. The van der Waals surface area contributed by atoms with Crippen molar-refractivity contribution in [2.75, 3.05) is 37.7 Å². The molecule has 1 aromatic rings. The van der Waals surface area contributed by atoms with E-state index < -0.39 is 23.1 Å². The second kappa shape index (κ2) is 8.35. The van der Waals surface area contributed by atoms with Gasteiger partial charge in [-0.3, -0.25) is 9.59 Å². The lowest BCUT2D eigenvalue weighted by Crippen LogP contribution is -2.57. The SMILES string of the molecule is CCOC(=O)CN(C(=O)c1cnc(N2CC(C)(F)C2)c(OCC2CC2)n1)C(C)(C)C. The number of hydrogen-bond donors (Lipinski definition) is 0. The highest BCUT2D eigenvalue weighted by Gasteiger charge is 2.41. The van der Waals surface area contributed by atoms with Crippen molar-refractivity contribution < 1.29 is 23.5 Å². The fraction of sp³-hybridized carbons (Fsp3) is 0.714. The van der Waals surface area contributed by atoms with E-state index in [-0.39, 0.29) is 37.8 Å². The Labute approximate surface area is 176 Å². The molecule has 0 atom stereocenters. The molecular weight excluding hydrogens is 391 g/mol. The van der Waals surface area contributed by atoms with E-state index in [2.05, 4.69) is 9.97 Å². The summed E-state index contributed by atoms with van der Waals surface area (Å²) < 4.78 is 24.9. The maximum Gasteiger partial charge on any atom is 0.325 e. The van der Waals surface area contributed by atoms with Crippen molar-refractivity contribution in [1.29, 1.82) is 0 Å². The number of carbonyl (C=O) groups is 2. The fourth-order valence-electron chi connectivity index (χ4n) is 3.25. The van der Waals surface area contributed by atoms with Crippen molar-refractivity contribution in [2.45, 2.75) is 58.7 Å². The van der Waals surface area contributed by atoms with Crippen molar-refractivity contribution in [2.24, 2.45) is 5.92 Å². The van der Waals surface area contributed by atoms with E-state index in [1.54, 1.807) is 11.8 Å². The number of rotatable bonds is 8. The van der Waals surface area contributed by atoms with Crippen LogP contribution in [-0.2, 0) is 9.53 Å². The van der Waals surface area contributed by atoms with Crippen LogP contribution in [-0.4, -0.2) is 70.8 Å². The van der Waals surface area contributed by atoms with Gasteiger partial charge in [-0.25, -0.2) is 14.4 Å². The fourth-order valence-corrected chi connectivity index (χ4v) is 3.25. The second-order valence-corrected chi connectivity index (χ2v) is 9.27. The maximum atomic E-state index is 14.0. The number of amides is 1. The van der Waals surface area contributed by atoms with Gasteiger partial charge in [-0.2, -0.15) is 0 Å². The van der Waals surface area contributed by atoms with Gasteiger partial charge in [-0.05, 0) is 53.4 Å². The third-order valence-electron chi connectivity index (χ3n) is 5.08. The smallest absolute Gasteiger partial charge is 0.325 e. The number of anilines is 1. The molecule has 1 saturated carbocycles. The number of carbonyl (C=O) groups excluding carboxylic acids is 2. The first-order chi connectivity index (χ1) is 14.0. The Morgan fingerprint density at radius 3 is 2.53 bits per heavy atom. The molecule has 8 nitrogen and oxygen atoms in total. The van der Waals surface area contributed by atoms with Crippen LogP contribution in [0.5, 0.6) is 5.88 Å². The summed E-state index contributed by atoms with van der Waals surface area (Å²) in [4.78, 5) is 37.2. The summed E-state index contributed by atoms with van der Waals surface area (Å²) in [7, 11) is 0. The molecule has 0 unspecified atom stereocenters. The standard InChI is InChI=1S/C21H31FN4O4/c1-6-29-16(27)10-26(20(2,3)4)19(28)15-9-23-17(25-12-21(5,22)13-25)18(24-15)30-11-14-7-8-14/h9,14H,6-8,10-13H2,1-5H3. The van der Waals surface area contributed by atoms with Gasteiger partial charge in [-0.15, -0.1) is 0 Å². The van der Waals surface area contributed by atoms with Crippen LogP contribution >= 0.6 is 0 Å². The van der Waals surface area contributed by atoms with E-state index in [1.165, 1.54) is 18.0 Å². The van der Waals surface area contributed by atoms with Crippen LogP contribution in [0, 0.1) is 5.92 Å². The van der Waals surface area contributed by atoms with Gasteiger partial charge in [0.15, 0.2) is 11.5 Å². The topological polar surface area (TPSA) is 84.9 Å². The number of ether oxygens (including phenoxy) is 2. The van der Waals surface area contributed by atoms with E-state index in [4.69, 9.17) is 9.47 Å². The molecule has 1 aliphatic carbocycles. The first-order valence-corrected chi connectivity index (χ1v) is 10.4. The van der Waals surface area contributed by atoms with E-state index in [1.807, 2.05) is 20.8 Å². The molecular formula is C21H31FN4O4. The number of halogens is 1. The minimum Gasteiger partial charge on any atom is -0.475 e. The van der Waals surface area contributed by atoms with Crippen molar-refractivity contribution in [1.82, 2.24) is 14.9 Å². The Morgan fingerprint density at radius 2 is 2.00 bits per heavy atom. The predicted molar refractivity (Wildman–Crippen MR) is 109 cm³/mol. The minimum atomic E-state index is -1.27. The van der Waals surface area contributed by atoms with Gasteiger partial charge in [0.05, 0.1) is 32.5 Å². The highest BCUT2D eigenvalue weighted by atomic mass is 19.1. The van der Waals surface area contributed by atoms with Gasteiger partial charge in [0.25, 0.3) is 11.8 Å². The number of nitrogens with zero attached hydrogens (tertiary/aromatic N) is 4. The van der Waals surface area contributed by atoms with Crippen LogP contribution in [0.15, 0.2) is 6.20 Å². The van der Waals surface area contributed by atoms with Gasteiger partial charge >= 0.3 is 5.97 Å². The Kier molecular flexibility index (Phi) is 6.19. The summed E-state index contributed by atoms with van der Waals surface area (Å²) in [6.07, 6.45) is 3.56. The van der Waals surface area contributed by atoms with Crippen molar-refractivity contribution in [3.05, 3.63) is 11.9 Å². The number of alkyl halides is 1. The molecule has 1 aromatic heterocycles. The quantitative estimate of drug-likeness (QED) is 0.596. The molecule has 30 heavy (non-hydrogen) atoms. The summed E-state index contributed by atoms with van der Waals surface area (Å²) in [5.41, 5.74) is -1.83. The van der Waals surface area contributed by atoms with Crippen molar-refractivity contribution in [3.8, 4) is 5.88 Å². The Bertz CT molecular complexity index is 797. The van der Waals surface area contributed by atoms with Crippen LogP contribution in [0.2, 0.25) is 0 Å². The molecule has 1 amide bonds. The summed E-state index contributed by atoms with van der Waals surface area (Å²) in [6, 6.07) is 0. The van der Waals surface area contributed by atoms with Crippen LogP contribution in [0.3, 0.4) is 0 Å². The summed E-state index contributed by atoms with van der Waals surface area (Å²) in [5, 5.41) is 0. The molecule has 0 radical (unpaired) electrons. The van der Waals surface area contributed by atoms with Crippen molar-refractivity contribution in [3.63, 3.8) is 0 Å². The molecule has 0 bridgehead atoms. The van der Waals surface area contributed by atoms with Gasteiger partial charge in [-0.1, -0.05) is 0 Å². The van der Waals surface area contributed by atoms with E-state index >= 15 is 0 Å². The first kappa shape index (κ1) is 22.2. The average Bonchev–Trinajstić information content (AvgIpc) is 3.45. The van der Waals surface area contributed by atoms with Gasteiger partial charge in [0.2, 0.25) is 0 Å². The van der Waals surface area contributed by atoms with Crippen molar-refractivity contribution >= 4 is 17.7 Å².